The molecule has 0 amide bonds. The summed E-state index contributed by atoms with van der Waals surface area (Å²) in [5.74, 6) is -0.378. The molecule has 10 nitrogen and oxygen atoms in total. The lowest BCUT2D eigenvalue weighted by Crippen LogP contribution is -2.60. The number of carboxylic acid groups (broad SMARTS) is 1. The van der Waals surface area contributed by atoms with Crippen LogP contribution in [0.1, 0.15) is 31.4 Å². The van der Waals surface area contributed by atoms with Gasteiger partial charge in [-0.2, -0.15) is 0 Å². The topological polar surface area (TPSA) is 166 Å². The van der Waals surface area contributed by atoms with Gasteiger partial charge in [0.15, 0.2) is 0 Å². The van der Waals surface area contributed by atoms with Crippen LogP contribution in [-0.2, 0) is 22.4 Å². The molecule has 0 radical (unpaired) electrons. The molecular weight excluding hydrogens is 400 g/mol. The first-order valence-electron chi connectivity index (χ1n) is 9.75. The van der Waals surface area contributed by atoms with E-state index < -0.39 is 55.0 Å². The lowest BCUT2D eigenvalue weighted by molar-refractivity contribution is -0.277. The fraction of sp³-hybridized carbons (Fsp3) is 0.650. The molecule has 2 aliphatic heterocycles. The van der Waals surface area contributed by atoms with Crippen molar-refractivity contribution in [1.82, 2.24) is 0 Å². The largest absolute Gasteiger partial charge is 0.487 e. The molecule has 1 aromatic carbocycles. The maximum atomic E-state index is 11.1. The molecule has 0 bridgehead atoms. The molecule has 1 aromatic rings. The molecule has 10 heteroatoms. The van der Waals surface area contributed by atoms with E-state index in [-0.39, 0.29) is 18.6 Å². The maximum absolute atomic E-state index is 11.1. The van der Waals surface area contributed by atoms with Gasteiger partial charge in [0.2, 0.25) is 6.29 Å². The second-order valence-corrected chi connectivity index (χ2v) is 8.24. The lowest BCUT2D eigenvalue weighted by Gasteiger charge is -2.39. The minimum Gasteiger partial charge on any atom is -0.487 e. The molecule has 2 heterocycles. The molecule has 1 saturated heterocycles. The van der Waals surface area contributed by atoms with Gasteiger partial charge >= 0.3 is 5.97 Å². The smallest absolute Gasteiger partial charge is 0.303 e. The normalized spacial score (nSPS) is 31.2. The van der Waals surface area contributed by atoms with Gasteiger partial charge < -0.3 is 44.8 Å². The van der Waals surface area contributed by atoms with Crippen LogP contribution in [0.2, 0.25) is 0 Å². The Labute approximate surface area is 173 Å². The van der Waals surface area contributed by atoms with Crippen LogP contribution in [-0.4, -0.2) is 85.6 Å². The third-order valence-electron chi connectivity index (χ3n) is 5.41. The summed E-state index contributed by atoms with van der Waals surface area (Å²) in [6, 6.07) is 3.25. The Morgan fingerprint density at radius 3 is 2.50 bits per heavy atom. The highest BCUT2D eigenvalue weighted by Gasteiger charge is 2.45. The summed E-state index contributed by atoms with van der Waals surface area (Å²) in [5.41, 5.74) is 0.204. The van der Waals surface area contributed by atoms with Crippen molar-refractivity contribution < 1.29 is 49.6 Å². The van der Waals surface area contributed by atoms with Crippen LogP contribution in [0.3, 0.4) is 0 Å². The zero-order chi connectivity index (χ0) is 22.2. The summed E-state index contributed by atoms with van der Waals surface area (Å²) in [5, 5.41) is 58.8. The van der Waals surface area contributed by atoms with Gasteiger partial charge in [-0.15, -0.1) is 0 Å². The van der Waals surface area contributed by atoms with E-state index >= 15 is 0 Å². The SMILES string of the molecule is CC(C)(O)[C@H]1Cc2cc(CCC(=O)O)c(O[C@@H]3O[C@H](CO)[C@@H](O)[C@H](O)[C@H]3O)cc2O1. The molecular formula is C20H28O10. The van der Waals surface area contributed by atoms with Gasteiger partial charge in [0, 0.05) is 18.9 Å². The van der Waals surface area contributed by atoms with E-state index in [1.807, 2.05) is 0 Å². The summed E-state index contributed by atoms with van der Waals surface area (Å²) in [7, 11) is 0. The molecule has 6 N–H and O–H groups in total. The Bertz CT molecular complexity index is 772. The van der Waals surface area contributed by atoms with Crippen molar-refractivity contribution in [2.75, 3.05) is 6.61 Å². The number of benzene rings is 1. The lowest BCUT2D eigenvalue weighted by atomic mass is 9.95. The molecule has 2 aliphatic rings. The summed E-state index contributed by atoms with van der Waals surface area (Å²) >= 11 is 0. The van der Waals surface area contributed by atoms with Crippen molar-refractivity contribution in [1.29, 1.82) is 0 Å². The zero-order valence-corrected chi connectivity index (χ0v) is 16.8. The fourth-order valence-electron chi connectivity index (χ4n) is 3.55. The highest BCUT2D eigenvalue weighted by molar-refractivity contribution is 5.67. The van der Waals surface area contributed by atoms with Gasteiger partial charge in [0.25, 0.3) is 0 Å². The van der Waals surface area contributed by atoms with Gasteiger partial charge in [0.1, 0.15) is 42.0 Å². The number of fused-ring (bicyclic) bond motifs is 1. The summed E-state index contributed by atoms with van der Waals surface area (Å²) < 4.78 is 16.9. The predicted octanol–water partition coefficient (Wildman–Crippen LogP) is -1.04. The van der Waals surface area contributed by atoms with Crippen LogP contribution in [0.15, 0.2) is 12.1 Å². The average Bonchev–Trinajstić information content (AvgIpc) is 3.09. The fourth-order valence-corrected chi connectivity index (χ4v) is 3.55. The van der Waals surface area contributed by atoms with Crippen LogP contribution in [0, 0.1) is 0 Å². The highest BCUT2D eigenvalue weighted by Crippen LogP contribution is 2.39. The Kier molecular flexibility index (Phi) is 6.56. The van der Waals surface area contributed by atoms with Crippen molar-refractivity contribution in [2.45, 2.75) is 75.5 Å². The van der Waals surface area contributed by atoms with Crippen molar-refractivity contribution in [3.63, 3.8) is 0 Å². The molecule has 6 atom stereocenters. The minimum atomic E-state index is -1.60. The Hall–Kier alpha value is -1.95. The van der Waals surface area contributed by atoms with E-state index in [1.54, 1.807) is 19.9 Å². The van der Waals surface area contributed by atoms with Gasteiger partial charge in [-0.25, -0.2) is 0 Å². The van der Waals surface area contributed by atoms with E-state index in [0.29, 0.717) is 17.7 Å². The number of carboxylic acids is 1. The van der Waals surface area contributed by atoms with Crippen LogP contribution < -0.4 is 9.47 Å². The standard InChI is InChI=1S/C20H28O10/c1-20(2,27)14-6-10-5-9(3-4-15(22)23)11(7-12(10)28-14)29-19-18(26)17(25)16(24)13(8-21)30-19/h5,7,13-14,16-19,21,24-27H,3-4,6,8H2,1-2H3,(H,22,23)/t13-,14-,16-,17+,18-,19-/m1/s1. The molecule has 0 aliphatic carbocycles. The van der Waals surface area contributed by atoms with Crippen LogP contribution in [0.5, 0.6) is 11.5 Å². The molecule has 3 rings (SSSR count). The number of carbonyl (C=O) groups is 1. The molecule has 0 saturated carbocycles. The van der Waals surface area contributed by atoms with E-state index in [9.17, 15) is 30.3 Å². The van der Waals surface area contributed by atoms with Crippen LogP contribution in [0.4, 0.5) is 0 Å². The van der Waals surface area contributed by atoms with E-state index in [1.165, 1.54) is 6.07 Å². The zero-order valence-electron chi connectivity index (χ0n) is 16.8. The van der Waals surface area contributed by atoms with Gasteiger partial charge in [-0.3, -0.25) is 4.79 Å². The number of aliphatic hydroxyl groups is 5. The third-order valence-corrected chi connectivity index (χ3v) is 5.41. The predicted molar refractivity (Wildman–Crippen MR) is 101 cm³/mol. The Morgan fingerprint density at radius 2 is 1.90 bits per heavy atom. The van der Waals surface area contributed by atoms with Gasteiger partial charge in [-0.1, -0.05) is 0 Å². The molecule has 0 aromatic heterocycles. The van der Waals surface area contributed by atoms with E-state index in [2.05, 4.69) is 0 Å². The van der Waals surface area contributed by atoms with Crippen molar-refractivity contribution in [3.8, 4) is 11.5 Å². The van der Waals surface area contributed by atoms with E-state index in [0.717, 1.165) is 5.56 Å². The molecule has 168 valence electrons. The van der Waals surface area contributed by atoms with Crippen LogP contribution in [0.25, 0.3) is 0 Å². The minimum absolute atomic E-state index is 0.128. The maximum Gasteiger partial charge on any atom is 0.303 e. The molecule has 1 fully saturated rings. The van der Waals surface area contributed by atoms with Gasteiger partial charge in [-0.05, 0) is 37.5 Å². The van der Waals surface area contributed by atoms with Crippen molar-refractivity contribution >= 4 is 5.97 Å². The monoisotopic (exact) mass is 428 g/mol. The first-order valence-corrected chi connectivity index (χ1v) is 9.75. The van der Waals surface area contributed by atoms with Gasteiger partial charge in [0.05, 0.1) is 12.2 Å². The number of aryl methyl sites for hydroxylation is 1. The van der Waals surface area contributed by atoms with Crippen molar-refractivity contribution in [3.05, 3.63) is 23.3 Å². The second kappa shape index (κ2) is 8.66. The first kappa shape index (κ1) is 22.7. The van der Waals surface area contributed by atoms with Crippen LogP contribution >= 0.6 is 0 Å². The second-order valence-electron chi connectivity index (χ2n) is 8.24. The quantitative estimate of drug-likeness (QED) is 0.316. The highest BCUT2D eigenvalue weighted by atomic mass is 16.7. The average molecular weight is 428 g/mol. The van der Waals surface area contributed by atoms with Crippen molar-refractivity contribution in [2.24, 2.45) is 0 Å². The van der Waals surface area contributed by atoms with E-state index in [4.69, 9.17) is 19.3 Å². The summed E-state index contributed by atoms with van der Waals surface area (Å²) in [6.45, 7) is 2.65. The first-order chi connectivity index (χ1) is 14.0. The Balaban J connectivity index is 1.88. The molecule has 0 spiro atoms. The number of aliphatic carboxylic acids is 1. The summed E-state index contributed by atoms with van der Waals surface area (Å²) in [4.78, 5) is 11.1. The number of aliphatic hydroxyl groups excluding tert-OH is 4. The number of rotatable bonds is 7. The number of ether oxygens (including phenoxy) is 3. The molecule has 0 unspecified atom stereocenters. The summed E-state index contributed by atoms with van der Waals surface area (Å²) in [6.07, 6.45) is -7.38. The number of hydrogen-bond acceptors (Lipinski definition) is 9. The third kappa shape index (κ3) is 4.69. The molecule has 30 heavy (non-hydrogen) atoms. The number of hydrogen-bond donors (Lipinski definition) is 6. The Morgan fingerprint density at radius 1 is 1.20 bits per heavy atom.